The summed E-state index contributed by atoms with van der Waals surface area (Å²) in [7, 11) is 1.36. The van der Waals surface area contributed by atoms with Crippen molar-refractivity contribution in [1.82, 2.24) is 10.1 Å². The first kappa shape index (κ1) is 16.2. The summed E-state index contributed by atoms with van der Waals surface area (Å²) in [5.74, 6) is -0.445. The van der Waals surface area contributed by atoms with E-state index in [1.165, 1.54) is 7.11 Å². The lowest BCUT2D eigenvalue weighted by Gasteiger charge is -2.22. The molecule has 0 fully saturated rings. The van der Waals surface area contributed by atoms with Crippen LogP contribution in [0.4, 0.5) is 5.88 Å². The van der Waals surface area contributed by atoms with Gasteiger partial charge in [0.2, 0.25) is 11.8 Å². The molecule has 1 aromatic rings. The van der Waals surface area contributed by atoms with E-state index < -0.39 is 0 Å². The molecule has 0 aliphatic carbocycles. The van der Waals surface area contributed by atoms with Crippen LogP contribution in [0.5, 0.6) is 0 Å². The molecule has 0 aromatic carbocycles. The van der Waals surface area contributed by atoms with Crippen molar-refractivity contribution in [2.24, 2.45) is 5.92 Å². The van der Waals surface area contributed by atoms with Crippen LogP contribution in [0.3, 0.4) is 0 Å². The summed E-state index contributed by atoms with van der Waals surface area (Å²) >= 11 is 0. The van der Waals surface area contributed by atoms with Gasteiger partial charge < -0.3 is 9.26 Å². The lowest BCUT2D eigenvalue weighted by Crippen LogP contribution is -2.38. The first-order valence-corrected chi connectivity index (χ1v) is 6.49. The summed E-state index contributed by atoms with van der Waals surface area (Å²) in [6, 6.07) is 1.64. The fourth-order valence-electron chi connectivity index (χ4n) is 1.77. The van der Waals surface area contributed by atoms with E-state index in [0.29, 0.717) is 24.7 Å². The van der Waals surface area contributed by atoms with Crippen molar-refractivity contribution in [3.05, 3.63) is 11.8 Å². The summed E-state index contributed by atoms with van der Waals surface area (Å²) in [5, 5.41) is 6.31. The van der Waals surface area contributed by atoms with Gasteiger partial charge in [0.25, 0.3) is 0 Å². The number of nitrogens with zero attached hydrogens (tertiary/aromatic N) is 2. The van der Waals surface area contributed by atoms with E-state index in [1.807, 2.05) is 11.8 Å². The summed E-state index contributed by atoms with van der Waals surface area (Å²) in [5.41, 5.74) is 0.701. The number of ether oxygens (including phenoxy) is 1. The fraction of sp³-hybridized carbons (Fsp3) is 0.615. The fourth-order valence-corrected chi connectivity index (χ4v) is 1.77. The number of hydrogen-bond donors (Lipinski definition) is 1. The zero-order chi connectivity index (χ0) is 15.1. The minimum absolute atomic E-state index is 0.178. The van der Waals surface area contributed by atoms with E-state index >= 15 is 0 Å². The zero-order valence-electron chi connectivity index (χ0n) is 12.3. The normalized spacial score (nSPS) is 12.2. The van der Waals surface area contributed by atoms with Crippen LogP contribution in [0.15, 0.2) is 10.6 Å². The van der Waals surface area contributed by atoms with Crippen LogP contribution in [-0.4, -0.2) is 48.7 Å². The van der Waals surface area contributed by atoms with Crippen molar-refractivity contribution in [3.63, 3.8) is 0 Å². The minimum atomic E-state index is -0.283. The molecule has 1 N–H and O–H groups in total. The molecule has 0 saturated carbocycles. The molecular weight excluding hydrogens is 262 g/mol. The van der Waals surface area contributed by atoms with Crippen molar-refractivity contribution < 1.29 is 18.8 Å². The SMILES string of the molecule is CCN(CC(=O)Nc1cc(C)no1)CC(C)C(=O)OC. The van der Waals surface area contributed by atoms with Crippen LogP contribution in [0.25, 0.3) is 0 Å². The van der Waals surface area contributed by atoms with Crippen LogP contribution in [0.2, 0.25) is 0 Å². The maximum atomic E-state index is 11.9. The Morgan fingerprint density at radius 2 is 2.25 bits per heavy atom. The topological polar surface area (TPSA) is 84.7 Å². The number of carbonyl (C=O) groups excluding carboxylic acids is 2. The molecule has 20 heavy (non-hydrogen) atoms. The van der Waals surface area contributed by atoms with E-state index in [1.54, 1.807) is 19.9 Å². The van der Waals surface area contributed by atoms with Gasteiger partial charge in [0.15, 0.2) is 0 Å². The van der Waals surface area contributed by atoms with Gasteiger partial charge in [0, 0.05) is 12.6 Å². The number of carbonyl (C=O) groups is 2. The standard InChI is InChI=1S/C13H21N3O4/c1-5-16(7-9(2)13(18)19-4)8-11(17)14-12-6-10(3)15-20-12/h6,9H,5,7-8H2,1-4H3,(H,14,17). The van der Waals surface area contributed by atoms with Crippen LogP contribution in [0, 0.1) is 12.8 Å². The molecule has 1 atom stereocenters. The largest absolute Gasteiger partial charge is 0.469 e. The number of anilines is 1. The molecule has 7 nitrogen and oxygen atoms in total. The Balaban J connectivity index is 2.47. The van der Waals surface area contributed by atoms with Gasteiger partial charge in [-0.15, -0.1) is 0 Å². The van der Waals surface area contributed by atoms with E-state index in [4.69, 9.17) is 4.52 Å². The van der Waals surface area contributed by atoms with Gasteiger partial charge in [-0.1, -0.05) is 19.0 Å². The number of methoxy groups -OCH3 is 1. The molecule has 112 valence electrons. The molecule has 0 aliphatic rings. The second-order valence-electron chi connectivity index (χ2n) is 4.63. The molecule has 1 aromatic heterocycles. The molecule has 0 aliphatic heterocycles. The Morgan fingerprint density at radius 1 is 1.55 bits per heavy atom. The molecule has 1 unspecified atom stereocenters. The predicted octanol–water partition coefficient (Wildman–Crippen LogP) is 1.05. The summed E-state index contributed by atoms with van der Waals surface area (Å²) in [6.45, 7) is 6.77. The maximum absolute atomic E-state index is 11.9. The third-order valence-corrected chi connectivity index (χ3v) is 2.84. The Bertz CT molecular complexity index is 458. The summed E-state index contributed by atoms with van der Waals surface area (Å²) in [6.07, 6.45) is 0. The predicted molar refractivity (Wildman–Crippen MR) is 73.2 cm³/mol. The van der Waals surface area contributed by atoms with Crippen LogP contribution >= 0.6 is 0 Å². The van der Waals surface area contributed by atoms with Crippen molar-refractivity contribution in [2.75, 3.05) is 32.1 Å². The third-order valence-electron chi connectivity index (χ3n) is 2.84. The Labute approximate surface area is 118 Å². The van der Waals surface area contributed by atoms with Crippen molar-refractivity contribution in [3.8, 4) is 0 Å². The highest BCUT2D eigenvalue weighted by Crippen LogP contribution is 2.08. The minimum Gasteiger partial charge on any atom is -0.469 e. The second-order valence-corrected chi connectivity index (χ2v) is 4.63. The molecular formula is C13H21N3O4. The van der Waals surface area contributed by atoms with E-state index in [2.05, 4.69) is 15.2 Å². The van der Waals surface area contributed by atoms with Gasteiger partial charge >= 0.3 is 5.97 Å². The number of hydrogen-bond acceptors (Lipinski definition) is 6. The molecule has 1 rings (SSSR count). The van der Waals surface area contributed by atoms with Gasteiger partial charge in [-0.25, -0.2) is 0 Å². The second kappa shape index (κ2) is 7.64. The summed E-state index contributed by atoms with van der Waals surface area (Å²) in [4.78, 5) is 25.1. The highest BCUT2D eigenvalue weighted by atomic mass is 16.5. The van der Waals surface area contributed by atoms with Crippen LogP contribution in [0.1, 0.15) is 19.5 Å². The Morgan fingerprint density at radius 3 is 2.75 bits per heavy atom. The number of nitrogens with one attached hydrogen (secondary N) is 1. The molecule has 0 spiro atoms. The number of aryl methyl sites for hydroxylation is 1. The van der Waals surface area contributed by atoms with Crippen LogP contribution < -0.4 is 5.32 Å². The van der Waals surface area contributed by atoms with Gasteiger partial charge in [-0.2, -0.15) is 0 Å². The molecule has 1 heterocycles. The third kappa shape index (κ3) is 5.00. The molecule has 0 saturated heterocycles. The van der Waals surface area contributed by atoms with Gasteiger partial charge in [-0.3, -0.25) is 19.8 Å². The maximum Gasteiger partial charge on any atom is 0.309 e. The van der Waals surface area contributed by atoms with Crippen molar-refractivity contribution in [2.45, 2.75) is 20.8 Å². The van der Waals surface area contributed by atoms with Gasteiger partial charge in [-0.05, 0) is 13.5 Å². The zero-order valence-corrected chi connectivity index (χ0v) is 12.3. The molecule has 0 bridgehead atoms. The highest BCUT2D eigenvalue weighted by molar-refractivity contribution is 5.91. The number of esters is 1. The van der Waals surface area contributed by atoms with Crippen LogP contribution in [-0.2, 0) is 14.3 Å². The first-order chi connectivity index (χ1) is 9.46. The lowest BCUT2D eigenvalue weighted by molar-refractivity contribution is -0.145. The van der Waals surface area contributed by atoms with Gasteiger partial charge in [0.1, 0.15) is 0 Å². The van der Waals surface area contributed by atoms with Crippen molar-refractivity contribution in [1.29, 1.82) is 0 Å². The number of amides is 1. The first-order valence-electron chi connectivity index (χ1n) is 6.49. The summed E-state index contributed by atoms with van der Waals surface area (Å²) < 4.78 is 9.58. The number of rotatable bonds is 7. The Hall–Kier alpha value is -1.89. The van der Waals surface area contributed by atoms with E-state index in [9.17, 15) is 9.59 Å². The molecule has 1 amide bonds. The number of likely N-dealkylation sites (N-methyl/N-ethyl adjacent to an activating group) is 1. The van der Waals surface area contributed by atoms with E-state index in [-0.39, 0.29) is 24.3 Å². The van der Waals surface area contributed by atoms with Gasteiger partial charge in [0.05, 0.1) is 25.3 Å². The average Bonchev–Trinajstić information content (AvgIpc) is 2.81. The smallest absolute Gasteiger partial charge is 0.309 e. The number of aromatic nitrogens is 1. The Kier molecular flexibility index (Phi) is 6.17. The molecule has 0 radical (unpaired) electrons. The quantitative estimate of drug-likeness (QED) is 0.753. The molecule has 7 heteroatoms. The van der Waals surface area contributed by atoms with Crippen molar-refractivity contribution >= 4 is 17.8 Å². The monoisotopic (exact) mass is 283 g/mol. The lowest BCUT2D eigenvalue weighted by atomic mass is 10.1. The average molecular weight is 283 g/mol. The highest BCUT2D eigenvalue weighted by Gasteiger charge is 2.19. The van der Waals surface area contributed by atoms with E-state index in [0.717, 1.165) is 0 Å².